The number of methoxy groups -OCH3 is 3. The van der Waals surface area contributed by atoms with Crippen molar-refractivity contribution in [3.05, 3.63) is 53.1 Å². The molecule has 0 fully saturated rings. The van der Waals surface area contributed by atoms with E-state index in [4.69, 9.17) is 14.2 Å². The molecule has 0 saturated carbocycles. The zero-order valence-electron chi connectivity index (χ0n) is 15.9. The van der Waals surface area contributed by atoms with Gasteiger partial charge in [0.25, 0.3) is 0 Å². The number of ether oxygens (including phenoxy) is 3. The van der Waals surface area contributed by atoms with E-state index in [0.717, 1.165) is 35.8 Å². The van der Waals surface area contributed by atoms with E-state index < -0.39 is 6.10 Å². The molecule has 0 saturated heterocycles. The van der Waals surface area contributed by atoms with E-state index in [0.29, 0.717) is 6.42 Å². The van der Waals surface area contributed by atoms with E-state index in [9.17, 15) is 5.11 Å². The van der Waals surface area contributed by atoms with Crippen molar-refractivity contribution in [1.82, 2.24) is 4.90 Å². The molecule has 1 heterocycles. The molecule has 2 aromatic carbocycles. The number of hydrogen-bond acceptors (Lipinski definition) is 5. The maximum atomic E-state index is 10.8. The molecule has 2 aromatic rings. The van der Waals surface area contributed by atoms with Crippen LogP contribution in [0.3, 0.4) is 0 Å². The first-order valence-electron chi connectivity index (χ1n) is 8.84. The standard InChI is InChI=1S/C21H27NO4/c1-22-10-9-15-11-20(25-3)21(26-4)12-17(15)18(22)13-19(23)14-5-7-16(24-2)8-6-14/h5-8,11-12,18-19,23H,9-10,13H2,1-4H3/t18-,19+/m0/s1. The quantitative estimate of drug-likeness (QED) is 0.859. The Morgan fingerprint density at radius 2 is 1.69 bits per heavy atom. The van der Waals surface area contributed by atoms with Gasteiger partial charge in [0.2, 0.25) is 0 Å². The molecule has 3 rings (SSSR count). The molecule has 0 aliphatic carbocycles. The third-order valence-electron chi connectivity index (χ3n) is 5.22. The number of aliphatic hydroxyl groups excluding tert-OH is 1. The lowest BCUT2D eigenvalue weighted by Gasteiger charge is -2.36. The topological polar surface area (TPSA) is 51.2 Å². The number of rotatable bonds is 6. The number of likely N-dealkylation sites (N-methyl/N-ethyl adjacent to an activating group) is 1. The average molecular weight is 357 g/mol. The fraction of sp³-hybridized carbons (Fsp3) is 0.429. The molecule has 0 amide bonds. The van der Waals surface area contributed by atoms with Gasteiger partial charge in [0.15, 0.2) is 11.5 Å². The van der Waals surface area contributed by atoms with Gasteiger partial charge in [0.1, 0.15) is 5.75 Å². The lowest BCUT2D eigenvalue weighted by molar-refractivity contribution is 0.109. The summed E-state index contributed by atoms with van der Waals surface area (Å²) in [6, 6.07) is 11.8. The molecule has 1 aliphatic heterocycles. The van der Waals surface area contributed by atoms with Gasteiger partial charge in [-0.1, -0.05) is 12.1 Å². The summed E-state index contributed by atoms with van der Waals surface area (Å²) in [6.07, 6.45) is 1.03. The largest absolute Gasteiger partial charge is 0.497 e. The second kappa shape index (κ2) is 7.98. The molecule has 140 valence electrons. The van der Waals surface area contributed by atoms with Crippen molar-refractivity contribution in [2.45, 2.75) is 25.0 Å². The second-order valence-electron chi connectivity index (χ2n) is 6.68. The van der Waals surface area contributed by atoms with Crippen molar-refractivity contribution in [3.63, 3.8) is 0 Å². The van der Waals surface area contributed by atoms with Crippen LogP contribution in [0.15, 0.2) is 36.4 Å². The molecular weight excluding hydrogens is 330 g/mol. The number of fused-ring (bicyclic) bond motifs is 1. The SMILES string of the molecule is COc1ccc([C@H](O)C[C@H]2c3cc(OC)c(OC)cc3CCN2C)cc1. The maximum absolute atomic E-state index is 10.8. The Labute approximate surface area is 155 Å². The molecule has 0 spiro atoms. The molecular formula is C21H27NO4. The van der Waals surface area contributed by atoms with E-state index in [1.54, 1.807) is 21.3 Å². The van der Waals surface area contributed by atoms with E-state index >= 15 is 0 Å². The number of hydrogen-bond donors (Lipinski definition) is 1. The van der Waals surface area contributed by atoms with Gasteiger partial charge in [0.05, 0.1) is 27.4 Å². The van der Waals surface area contributed by atoms with E-state index in [2.05, 4.69) is 24.1 Å². The smallest absolute Gasteiger partial charge is 0.161 e. The summed E-state index contributed by atoms with van der Waals surface area (Å²) >= 11 is 0. The highest BCUT2D eigenvalue weighted by atomic mass is 16.5. The predicted molar refractivity (Wildman–Crippen MR) is 101 cm³/mol. The van der Waals surface area contributed by atoms with Gasteiger partial charge in [-0.2, -0.15) is 0 Å². The lowest BCUT2D eigenvalue weighted by atomic mass is 9.88. The molecule has 5 nitrogen and oxygen atoms in total. The third kappa shape index (κ3) is 3.64. The van der Waals surface area contributed by atoms with Gasteiger partial charge >= 0.3 is 0 Å². The van der Waals surface area contributed by atoms with E-state index in [-0.39, 0.29) is 6.04 Å². The summed E-state index contributed by atoms with van der Waals surface area (Å²) < 4.78 is 16.1. The Morgan fingerprint density at radius 3 is 2.31 bits per heavy atom. The van der Waals surface area contributed by atoms with Crippen LogP contribution in [0.25, 0.3) is 0 Å². The van der Waals surface area contributed by atoms with Crippen LogP contribution in [-0.2, 0) is 6.42 Å². The molecule has 1 N–H and O–H groups in total. The minimum absolute atomic E-state index is 0.121. The highest BCUT2D eigenvalue weighted by molar-refractivity contribution is 5.49. The van der Waals surface area contributed by atoms with Gasteiger partial charge in [0, 0.05) is 12.6 Å². The second-order valence-corrected chi connectivity index (χ2v) is 6.68. The lowest BCUT2D eigenvalue weighted by Crippen LogP contribution is -2.33. The van der Waals surface area contributed by atoms with Crippen LogP contribution in [0.1, 0.15) is 35.3 Å². The summed E-state index contributed by atoms with van der Waals surface area (Å²) in [5, 5.41) is 10.8. The van der Waals surface area contributed by atoms with Gasteiger partial charge in [-0.05, 0) is 60.8 Å². The first-order valence-corrected chi connectivity index (χ1v) is 8.84. The summed E-state index contributed by atoms with van der Waals surface area (Å²) in [7, 11) is 7.05. The van der Waals surface area contributed by atoms with Crippen LogP contribution in [0, 0.1) is 0 Å². The van der Waals surface area contributed by atoms with Crippen molar-refractivity contribution in [2.75, 3.05) is 34.9 Å². The van der Waals surface area contributed by atoms with Crippen LogP contribution in [0.2, 0.25) is 0 Å². The van der Waals surface area contributed by atoms with Crippen LogP contribution < -0.4 is 14.2 Å². The van der Waals surface area contributed by atoms with E-state index in [1.165, 1.54) is 11.1 Å². The Morgan fingerprint density at radius 1 is 1.04 bits per heavy atom. The van der Waals surface area contributed by atoms with Gasteiger partial charge in [-0.3, -0.25) is 4.90 Å². The first-order chi connectivity index (χ1) is 12.6. The third-order valence-corrected chi connectivity index (χ3v) is 5.22. The minimum Gasteiger partial charge on any atom is -0.497 e. The maximum Gasteiger partial charge on any atom is 0.161 e. The summed E-state index contributed by atoms with van der Waals surface area (Å²) in [6.45, 7) is 0.947. The Bertz CT molecular complexity index is 744. The summed E-state index contributed by atoms with van der Waals surface area (Å²) in [4.78, 5) is 2.29. The normalized spacial score (nSPS) is 18.1. The van der Waals surface area contributed by atoms with Crippen LogP contribution in [-0.4, -0.2) is 44.9 Å². The summed E-state index contributed by atoms with van der Waals surface area (Å²) in [5.41, 5.74) is 3.35. The van der Waals surface area contributed by atoms with Crippen molar-refractivity contribution < 1.29 is 19.3 Å². The van der Waals surface area contributed by atoms with Crippen molar-refractivity contribution in [2.24, 2.45) is 0 Å². The highest BCUT2D eigenvalue weighted by Crippen LogP contribution is 2.41. The Balaban J connectivity index is 1.87. The summed E-state index contributed by atoms with van der Waals surface area (Å²) in [5.74, 6) is 2.27. The van der Waals surface area contributed by atoms with Crippen molar-refractivity contribution in [3.8, 4) is 17.2 Å². The number of benzene rings is 2. The highest BCUT2D eigenvalue weighted by Gasteiger charge is 2.29. The fourth-order valence-electron chi connectivity index (χ4n) is 3.63. The molecule has 0 radical (unpaired) electrons. The van der Waals surface area contributed by atoms with Crippen LogP contribution >= 0.6 is 0 Å². The molecule has 0 unspecified atom stereocenters. The zero-order chi connectivity index (χ0) is 18.7. The Hall–Kier alpha value is -2.24. The minimum atomic E-state index is -0.549. The average Bonchev–Trinajstić information content (AvgIpc) is 2.69. The van der Waals surface area contributed by atoms with Gasteiger partial charge in [-0.25, -0.2) is 0 Å². The zero-order valence-corrected chi connectivity index (χ0v) is 15.9. The van der Waals surface area contributed by atoms with Gasteiger partial charge in [-0.15, -0.1) is 0 Å². The van der Waals surface area contributed by atoms with Crippen LogP contribution in [0.4, 0.5) is 0 Å². The molecule has 2 atom stereocenters. The molecule has 5 heteroatoms. The molecule has 0 aromatic heterocycles. The number of aliphatic hydroxyl groups is 1. The van der Waals surface area contributed by atoms with Gasteiger partial charge < -0.3 is 19.3 Å². The molecule has 26 heavy (non-hydrogen) atoms. The molecule has 0 bridgehead atoms. The predicted octanol–water partition coefficient (Wildman–Crippen LogP) is 3.37. The monoisotopic (exact) mass is 357 g/mol. The van der Waals surface area contributed by atoms with Crippen molar-refractivity contribution in [1.29, 1.82) is 0 Å². The number of nitrogens with zero attached hydrogens (tertiary/aromatic N) is 1. The fourth-order valence-corrected chi connectivity index (χ4v) is 3.63. The van der Waals surface area contributed by atoms with Crippen molar-refractivity contribution >= 4 is 0 Å². The Kier molecular flexibility index (Phi) is 5.69. The molecule has 1 aliphatic rings. The van der Waals surface area contributed by atoms with Crippen LogP contribution in [0.5, 0.6) is 17.2 Å². The van der Waals surface area contributed by atoms with E-state index in [1.807, 2.05) is 24.3 Å². The first kappa shape index (κ1) is 18.5.